The fourth-order valence-electron chi connectivity index (χ4n) is 3.06. The van der Waals surface area contributed by atoms with Crippen LogP contribution in [-0.4, -0.2) is 25.8 Å². The van der Waals surface area contributed by atoms with Crippen LogP contribution in [0, 0.1) is 20.8 Å². The van der Waals surface area contributed by atoms with Crippen LogP contribution in [0.4, 0.5) is 5.69 Å². The van der Waals surface area contributed by atoms with E-state index in [-0.39, 0.29) is 11.7 Å². The van der Waals surface area contributed by atoms with Crippen LogP contribution in [0.25, 0.3) is 11.0 Å². The molecule has 0 saturated carbocycles. The molecule has 0 unspecified atom stereocenters. The number of hydrogen-bond donors (Lipinski definition) is 1. The molecule has 0 spiro atoms. The van der Waals surface area contributed by atoms with E-state index in [1.165, 1.54) is 23.4 Å². The number of nitrogens with one attached hydrogen (secondary N) is 1. The summed E-state index contributed by atoms with van der Waals surface area (Å²) in [6.45, 7) is 5.78. The van der Waals surface area contributed by atoms with Gasteiger partial charge in [-0.2, -0.15) is 0 Å². The fourth-order valence-corrected chi connectivity index (χ4v) is 4.01. The zero-order chi connectivity index (χ0) is 20.6. The van der Waals surface area contributed by atoms with Gasteiger partial charge in [0.2, 0.25) is 5.91 Å². The summed E-state index contributed by atoms with van der Waals surface area (Å²) >= 11 is 1.27. The Labute approximate surface area is 166 Å². The molecule has 2 aromatic heterocycles. The Bertz CT molecular complexity index is 1210. The molecule has 0 bridgehead atoms. The Morgan fingerprint density at radius 2 is 1.82 bits per heavy atom. The van der Waals surface area contributed by atoms with Gasteiger partial charge in [0.25, 0.3) is 5.56 Å². The van der Waals surface area contributed by atoms with Gasteiger partial charge < -0.3 is 5.32 Å². The summed E-state index contributed by atoms with van der Waals surface area (Å²) in [6, 6.07) is 5.83. The van der Waals surface area contributed by atoms with Crippen molar-refractivity contribution in [3.8, 4) is 0 Å². The van der Waals surface area contributed by atoms with E-state index in [0.717, 1.165) is 26.9 Å². The van der Waals surface area contributed by atoms with Crippen LogP contribution in [0.1, 0.15) is 16.7 Å². The fraction of sp³-hybridized carbons (Fsp3) is 0.300. The maximum Gasteiger partial charge on any atom is 0.332 e. The summed E-state index contributed by atoms with van der Waals surface area (Å²) in [7, 11) is 3.02. The van der Waals surface area contributed by atoms with E-state index in [4.69, 9.17) is 0 Å². The molecule has 0 atom stereocenters. The van der Waals surface area contributed by atoms with Crippen molar-refractivity contribution in [2.45, 2.75) is 25.7 Å². The summed E-state index contributed by atoms with van der Waals surface area (Å²) in [5, 5.41) is 3.26. The third-order valence-electron chi connectivity index (χ3n) is 4.60. The van der Waals surface area contributed by atoms with Crippen LogP contribution in [0.5, 0.6) is 0 Å². The lowest BCUT2D eigenvalue weighted by atomic mass is 10.1. The van der Waals surface area contributed by atoms with Gasteiger partial charge in [-0.15, -0.1) is 11.8 Å². The second-order valence-electron chi connectivity index (χ2n) is 6.83. The number of nitrogens with zero attached hydrogens (tertiary/aromatic N) is 3. The lowest BCUT2D eigenvalue weighted by Gasteiger charge is -2.13. The third-order valence-corrected chi connectivity index (χ3v) is 5.82. The smallest absolute Gasteiger partial charge is 0.325 e. The van der Waals surface area contributed by atoms with Gasteiger partial charge in [0.15, 0.2) is 0 Å². The first-order valence-corrected chi connectivity index (χ1v) is 9.74. The molecule has 28 heavy (non-hydrogen) atoms. The second kappa shape index (κ2) is 7.63. The SMILES string of the molecule is Cc1ccc(NC(=O)CSc2c(C)cnc3c2c(=O)n(C)c(=O)n3C)c(C)c1. The number of thioether (sulfide) groups is 1. The van der Waals surface area contributed by atoms with E-state index in [1.54, 1.807) is 13.2 Å². The van der Waals surface area contributed by atoms with Crippen molar-refractivity contribution in [3.05, 3.63) is 61.9 Å². The summed E-state index contributed by atoms with van der Waals surface area (Å²) in [4.78, 5) is 42.2. The van der Waals surface area contributed by atoms with Gasteiger partial charge in [-0.1, -0.05) is 17.7 Å². The maximum absolute atomic E-state index is 12.7. The summed E-state index contributed by atoms with van der Waals surface area (Å²) in [6.07, 6.45) is 1.62. The summed E-state index contributed by atoms with van der Waals surface area (Å²) in [5.74, 6) is -0.0258. The predicted molar refractivity (Wildman–Crippen MR) is 112 cm³/mol. The van der Waals surface area contributed by atoms with Crippen molar-refractivity contribution < 1.29 is 4.79 Å². The van der Waals surface area contributed by atoms with Crippen LogP contribution in [0.2, 0.25) is 0 Å². The molecule has 3 rings (SSSR count). The number of fused-ring (bicyclic) bond motifs is 1. The molecule has 146 valence electrons. The van der Waals surface area contributed by atoms with Crippen LogP contribution in [0.3, 0.4) is 0 Å². The van der Waals surface area contributed by atoms with Crippen LogP contribution in [0.15, 0.2) is 38.9 Å². The lowest BCUT2D eigenvalue weighted by molar-refractivity contribution is -0.113. The molecule has 0 aliphatic carbocycles. The Morgan fingerprint density at radius 3 is 2.50 bits per heavy atom. The van der Waals surface area contributed by atoms with Crippen LogP contribution in [-0.2, 0) is 18.9 Å². The summed E-state index contributed by atoms with van der Waals surface area (Å²) in [5.41, 5.74) is 3.15. The Morgan fingerprint density at radius 1 is 1.11 bits per heavy atom. The van der Waals surface area contributed by atoms with Crippen molar-refractivity contribution >= 4 is 34.4 Å². The third kappa shape index (κ3) is 3.60. The highest BCUT2D eigenvalue weighted by molar-refractivity contribution is 8.00. The van der Waals surface area contributed by atoms with E-state index < -0.39 is 11.2 Å². The predicted octanol–water partition coefficient (Wildman–Crippen LogP) is 2.29. The molecular formula is C20H22N4O3S. The molecule has 7 nitrogen and oxygen atoms in total. The zero-order valence-electron chi connectivity index (χ0n) is 16.5. The van der Waals surface area contributed by atoms with Crippen LogP contribution >= 0.6 is 11.8 Å². The molecule has 0 aliphatic heterocycles. The molecule has 1 N–H and O–H groups in total. The Balaban J connectivity index is 1.92. The summed E-state index contributed by atoms with van der Waals surface area (Å²) < 4.78 is 2.40. The van der Waals surface area contributed by atoms with E-state index in [9.17, 15) is 14.4 Å². The molecule has 1 aromatic carbocycles. The quantitative estimate of drug-likeness (QED) is 0.682. The largest absolute Gasteiger partial charge is 0.332 e. The monoisotopic (exact) mass is 398 g/mol. The normalized spacial score (nSPS) is 11.0. The van der Waals surface area contributed by atoms with E-state index in [1.807, 2.05) is 39.0 Å². The van der Waals surface area contributed by atoms with Gasteiger partial charge in [0, 0.05) is 30.9 Å². The number of pyridine rings is 1. The number of aryl methyl sites for hydroxylation is 4. The molecule has 2 heterocycles. The van der Waals surface area contributed by atoms with Crippen molar-refractivity contribution in [2.75, 3.05) is 11.1 Å². The number of carbonyl (C=O) groups excluding carboxylic acids is 1. The first-order chi connectivity index (χ1) is 13.2. The van der Waals surface area contributed by atoms with Gasteiger partial charge >= 0.3 is 5.69 Å². The molecule has 1 amide bonds. The number of rotatable bonds is 4. The average molecular weight is 398 g/mol. The maximum atomic E-state index is 12.7. The second-order valence-corrected chi connectivity index (χ2v) is 7.82. The minimum atomic E-state index is -0.433. The number of carbonyl (C=O) groups is 1. The van der Waals surface area contributed by atoms with Gasteiger partial charge in [-0.25, -0.2) is 9.78 Å². The molecule has 8 heteroatoms. The first-order valence-electron chi connectivity index (χ1n) is 8.76. The Hall–Kier alpha value is -2.87. The van der Waals surface area contributed by atoms with Crippen molar-refractivity contribution in [1.29, 1.82) is 0 Å². The van der Waals surface area contributed by atoms with E-state index in [0.29, 0.717) is 15.9 Å². The zero-order valence-corrected chi connectivity index (χ0v) is 17.3. The lowest BCUT2D eigenvalue weighted by Crippen LogP contribution is -2.37. The molecule has 0 aliphatic rings. The molecule has 0 radical (unpaired) electrons. The number of anilines is 1. The van der Waals surface area contributed by atoms with E-state index in [2.05, 4.69) is 10.3 Å². The minimum absolute atomic E-state index is 0.138. The molecule has 0 saturated heterocycles. The van der Waals surface area contributed by atoms with Crippen LogP contribution < -0.4 is 16.6 Å². The van der Waals surface area contributed by atoms with Gasteiger partial charge in [-0.3, -0.25) is 18.7 Å². The number of aromatic nitrogens is 3. The molecule has 0 fully saturated rings. The van der Waals surface area contributed by atoms with Crippen molar-refractivity contribution in [1.82, 2.24) is 14.1 Å². The van der Waals surface area contributed by atoms with E-state index >= 15 is 0 Å². The number of hydrogen-bond acceptors (Lipinski definition) is 5. The van der Waals surface area contributed by atoms with Crippen molar-refractivity contribution in [2.24, 2.45) is 14.1 Å². The topological polar surface area (TPSA) is 86.0 Å². The Kier molecular flexibility index (Phi) is 5.42. The first kappa shape index (κ1) is 19.9. The molecule has 3 aromatic rings. The van der Waals surface area contributed by atoms with Gasteiger partial charge in [0.05, 0.1) is 11.1 Å². The standard InChI is InChI=1S/C20H22N4O3S/c1-11-6-7-14(12(2)8-11)22-15(25)10-28-17-13(3)9-21-18-16(17)19(26)24(5)20(27)23(18)4/h6-9H,10H2,1-5H3,(H,22,25). The van der Waals surface area contributed by atoms with Crippen molar-refractivity contribution in [3.63, 3.8) is 0 Å². The highest BCUT2D eigenvalue weighted by atomic mass is 32.2. The number of amides is 1. The highest BCUT2D eigenvalue weighted by Gasteiger charge is 2.17. The molecular weight excluding hydrogens is 376 g/mol. The van der Waals surface area contributed by atoms with Gasteiger partial charge in [0.1, 0.15) is 5.65 Å². The average Bonchev–Trinajstić information content (AvgIpc) is 2.65. The number of benzene rings is 1. The minimum Gasteiger partial charge on any atom is -0.325 e. The van der Waals surface area contributed by atoms with Gasteiger partial charge in [-0.05, 0) is 38.0 Å². The highest BCUT2D eigenvalue weighted by Crippen LogP contribution is 2.27.